The van der Waals surface area contributed by atoms with Gasteiger partial charge in [-0.2, -0.15) is 0 Å². The van der Waals surface area contributed by atoms with Crippen molar-refractivity contribution in [2.45, 2.75) is 31.8 Å². The summed E-state index contributed by atoms with van der Waals surface area (Å²) in [5, 5.41) is 0. The zero-order valence-electron chi connectivity index (χ0n) is 8.49. The third-order valence-corrected chi connectivity index (χ3v) is 2.79. The predicted molar refractivity (Wildman–Crippen MR) is 54.0 cm³/mol. The van der Waals surface area contributed by atoms with Gasteiger partial charge in [-0.25, -0.2) is 0 Å². The molecule has 2 nitrogen and oxygen atoms in total. The Morgan fingerprint density at radius 3 is 2.43 bits per heavy atom. The number of benzene rings is 1. The minimum absolute atomic E-state index is 0.0937. The fourth-order valence-electron chi connectivity index (χ4n) is 2.02. The summed E-state index contributed by atoms with van der Waals surface area (Å²) in [6.07, 6.45) is 0.497. The van der Waals surface area contributed by atoms with E-state index >= 15 is 0 Å². The van der Waals surface area contributed by atoms with Crippen LogP contribution in [0.1, 0.15) is 31.7 Å². The topological polar surface area (TPSA) is 26.3 Å². The molecular formula is C12H14O2. The molecule has 14 heavy (non-hydrogen) atoms. The Hall–Kier alpha value is -1.31. The molecule has 2 rings (SSSR count). The fourth-order valence-corrected chi connectivity index (χ4v) is 2.02. The van der Waals surface area contributed by atoms with Crippen LogP contribution in [0, 0.1) is 0 Å². The second-order valence-corrected chi connectivity index (χ2v) is 4.24. The Morgan fingerprint density at radius 2 is 1.93 bits per heavy atom. The van der Waals surface area contributed by atoms with Gasteiger partial charge in [0.25, 0.3) is 0 Å². The molecule has 0 amide bonds. The van der Waals surface area contributed by atoms with Gasteiger partial charge in [-0.1, -0.05) is 30.3 Å². The highest BCUT2D eigenvalue weighted by molar-refractivity contribution is 5.74. The van der Waals surface area contributed by atoms with Crippen LogP contribution in [-0.2, 0) is 9.53 Å². The summed E-state index contributed by atoms with van der Waals surface area (Å²) in [7, 11) is 0. The minimum atomic E-state index is -0.363. The van der Waals surface area contributed by atoms with Crippen molar-refractivity contribution >= 4 is 5.97 Å². The Morgan fingerprint density at radius 1 is 1.29 bits per heavy atom. The van der Waals surface area contributed by atoms with Gasteiger partial charge >= 0.3 is 5.97 Å². The normalized spacial score (nSPS) is 24.7. The fraction of sp³-hybridized carbons (Fsp3) is 0.417. The molecule has 2 heteroatoms. The molecular weight excluding hydrogens is 176 g/mol. The van der Waals surface area contributed by atoms with E-state index in [0.29, 0.717) is 6.42 Å². The van der Waals surface area contributed by atoms with Gasteiger partial charge in [-0.3, -0.25) is 4.79 Å². The van der Waals surface area contributed by atoms with Crippen LogP contribution < -0.4 is 0 Å². The predicted octanol–water partition coefficient (Wildman–Crippen LogP) is 2.50. The van der Waals surface area contributed by atoms with Crippen LogP contribution in [0.3, 0.4) is 0 Å². The second kappa shape index (κ2) is 3.12. The van der Waals surface area contributed by atoms with Gasteiger partial charge in [0.05, 0.1) is 6.42 Å². The largest absolute Gasteiger partial charge is 0.459 e. The average Bonchev–Trinajstić information content (AvgIpc) is 2.41. The molecule has 0 aromatic heterocycles. The van der Waals surface area contributed by atoms with Crippen LogP contribution in [-0.4, -0.2) is 11.6 Å². The lowest BCUT2D eigenvalue weighted by molar-refractivity contribution is -0.146. The molecule has 0 spiro atoms. The molecule has 0 radical (unpaired) electrons. The molecule has 1 heterocycles. The maximum absolute atomic E-state index is 11.2. The highest BCUT2D eigenvalue weighted by Crippen LogP contribution is 2.39. The van der Waals surface area contributed by atoms with Crippen molar-refractivity contribution in [1.82, 2.24) is 0 Å². The molecule has 0 aliphatic carbocycles. The third-order valence-electron chi connectivity index (χ3n) is 2.79. The van der Waals surface area contributed by atoms with E-state index in [0.717, 1.165) is 0 Å². The quantitative estimate of drug-likeness (QED) is 0.636. The van der Waals surface area contributed by atoms with E-state index in [2.05, 4.69) is 0 Å². The van der Waals surface area contributed by atoms with Gasteiger partial charge in [-0.05, 0) is 19.4 Å². The monoisotopic (exact) mass is 190 g/mol. The number of hydrogen-bond donors (Lipinski definition) is 0. The number of ether oxygens (including phenoxy) is 1. The molecule has 0 N–H and O–H groups in total. The van der Waals surface area contributed by atoms with Gasteiger partial charge < -0.3 is 4.74 Å². The number of carbonyl (C=O) groups is 1. The lowest BCUT2D eigenvalue weighted by atomic mass is 9.85. The third kappa shape index (κ3) is 1.52. The minimum Gasteiger partial charge on any atom is -0.459 e. The van der Waals surface area contributed by atoms with Crippen LogP contribution in [0.4, 0.5) is 0 Å². The number of hydrogen-bond acceptors (Lipinski definition) is 2. The van der Waals surface area contributed by atoms with E-state index < -0.39 is 0 Å². The number of carbonyl (C=O) groups excluding carboxylic acids is 1. The molecule has 1 fully saturated rings. The molecule has 1 atom stereocenters. The van der Waals surface area contributed by atoms with Crippen molar-refractivity contribution in [3.8, 4) is 0 Å². The Labute approximate surface area is 83.9 Å². The molecule has 1 aromatic carbocycles. The van der Waals surface area contributed by atoms with Crippen LogP contribution in [0.2, 0.25) is 0 Å². The van der Waals surface area contributed by atoms with Gasteiger partial charge in [0.15, 0.2) is 0 Å². The van der Waals surface area contributed by atoms with Crippen molar-refractivity contribution < 1.29 is 9.53 Å². The van der Waals surface area contributed by atoms with E-state index in [1.807, 2.05) is 44.2 Å². The molecule has 0 bridgehead atoms. The summed E-state index contributed by atoms with van der Waals surface area (Å²) in [5.41, 5.74) is 0.821. The van der Waals surface area contributed by atoms with Gasteiger partial charge in [-0.15, -0.1) is 0 Å². The summed E-state index contributed by atoms with van der Waals surface area (Å²) in [4.78, 5) is 11.2. The summed E-state index contributed by atoms with van der Waals surface area (Å²) in [6.45, 7) is 3.94. The maximum atomic E-state index is 11.2. The summed E-state index contributed by atoms with van der Waals surface area (Å²) < 4.78 is 5.28. The molecule has 1 saturated heterocycles. The number of esters is 1. The van der Waals surface area contributed by atoms with Gasteiger partial charge in [0.2, 0.25) is 0 Å². The van der Waals surface area contributed by atoms with Crippen LogP contribution in [0.15, 0.2) is 30.3 Å². The van der Waals surface area contributed by atoms with Crippen LogP contribution >= 0.6 is 0 Å². The smallest absolute Gasteiger partial charge is 0.307 e. The highest BCUT2D eigenvalue weighted by Gasteiger charge is 2.42. The molecule has 0 saturated carbocycles. The zero-order valence-corrected chi connectivity index (χ0v) is 8.49. The van der Waals surface area contributed by atoms with E-state index in [9.17, 15) is 4.79 Å². The summed E-state index contributed by atoms with van der Waals surface area (Å²) in [5.74, 6) is 0.0973. The zero-order chi connectivity index (χ0) is 10.2. The van der Waals surface area contributed by atoms with Crippen LogP contribution in [0.25, 0.3) is 0 Å². The van der Waals surface area contributed by atoms with Gasteiger partial charge in [0, 0.05) is 5.92 Å². The lowest BCUT2D eigenvalue weighted by Crippen LogP contribution is -2.25. The lowest BCUT2D eigenvalue weighted by Gasteiger charge is -2.24. The van der Waals surface area contributed by atoms with Crippen LogP contribution in [0.5, 0.6) is 0 Å². The Bertz CT molecular complexity index is 341. The molecule has 1 aromatic rings. The van der Waals surface area contributed by atoms with Gasteiger partial charge in [0.1, 0.15) is 5.60 Å². The Balaban J connectivity index is 2.32. The molecule has 1 aliphatic heterocycles. The first-order valence-electron chi connectivity index (χ1n) is 4.86. The van der Waals surface area contributed by atoms with Crippen molar-refractivity contribution in [2.24, 2.45) is 0 Å². The first-order chi connectivity index (χ1) is 6.59. The SMILES string of the molecule is CC1(C)OC(=O)C[C@@H]1c1ccccc1. The summed E-state index contributed by atoms with van der Waals surface area (Å²) >= 11 is 0. The average molecular weight is 190 g/mol. The molecule has 1 aliphatic rings. The van der Waals surface area contributed by atoms with E-state index in [4.69, 9.17) is 4.74 Å². The van der Waals surface area contributed by atoms with Crippen molar-refractivity contribution in [2.75, 3.05) is 0 Å². The number of cyclic esters (lactones) is 1. The number of rotatable bonds is 1. The standard InChI is InChI=1S/C12H14O2/c1-12(2)10(8-11(13)14-12)9-6-4-3-5-7-9/h3-7,10H,8H2,1-2H3/t10-/m1/s1. The molecule has 74 valence electrons. The van der Waals surface area contributed by atoms with Crippen molar-refractivity contribution in [3.05, 3.63) is 35.9 Å². The first-order valence-corrected chi connectivity index (χ1v) is 4.86. The Kier molecular flexibility index (Phi) is 2.06. The molecule has 0 unspecified atom stereocenters. The second-order valence-electron chi connectivity index (χ2n) is 4.24. The van der Waals surface area contributed by atoms with E-state index in [1.165, 1.54) is 5.56 Å². The van der Waals surface area contributed by atoms with Crippen molar-refractivity contribution in [3.63, 3.8) is 0 Å². The maximum Gasteiger partial charge on any atom is 0.307 e. The highest BCUT2D eigenvalue weighted by atomic mass is 16.6. The summed E-state index contributed by atoms with van der Waals surface area (Å²) in [6, 6.07) is 10.1. The first kappa shape index (κ1) is 9.25. The van der Waals surface area contributed by atoms with Crippen molar-refractivity contribution in [1.29, 1.82) is 0 Å². The van der Waals surface area contributed by atoms with E-state index in [1.54, 1.807) is 0 Å². The van der Waals surface area contributed by atoms with E-state index in [-0.39, 0.29) is 17.5 Å².